The molecule has 0 bridgehead atoms. The molecule has 5 N–H and O–H groups in total. The molecule has 4 fully saturated rings. The van der Waals surface area contributed by atoms with Gasteiger partial charge in [0.1, 0.15) is 107 Å². The Kier molecular flexibility index (Phi) is 32.3. The van der Waals surface area contributed by atoms with Crippen molar-refractivity contribution in [2.24, 2.45) is 11.3 Å². The zero-order valence-electron chi connectivity index (χ0n) is 83.1. The highest BCUT2D eigenvalue weighted by Gasteiger charge is 2.48. The van der Waals surface area contributed by atoms with Crippen LogP contribution in [-0.2, 0) is 25.7 Å². The third kappa shape index (κ3) is 22.9. The smallest absolute Gasteiger partial charge is 0.283 e. The lowest BCUT2D eigenvalue weighted by atomic mass is 9.85. The number of para-hydroxylation sites is 4. The Balaban J connectivity index is 0.000000131. The molecule has 17 nitrogen and oxygen atoms in total. The first-order chi connectivity index (χ1) is 68.5. The molecule has 1 unspecified atom stereocenters. The number of fused-ring (bicyclic) bond motifs is 12. The van der Waals surface area contributed by atoms with E-state index in [-0.39, 0.29) is 100 Å². The van der Waals surface area contributed by atoms with Crippen LogP contribution in [0.2, 0.25) is 0 Å². The van der Waals surface area contributed by atoms with Gasteiger partial charge in [-0.25, -0.2) is 57.1 Å². The number of aromatic amines is 4. The van der Waals surface area contributed by atoms with Crippen molar-refractivity contribution in [3.05, 3.63) is 272 Å². The van der Waals surface area contributed by atoms with E-state index in [1.165, 1.54) is 53.1 Å². The molecule has 9 atom stereocenters. The van der Waals surface area contributed by atoms with E-state index in [2.05, 4.69) is 93.2 Å². The Morgan fingerprint density at radius 2 is 0.748 bits per heavy atom. The summed E-state index contributed by atoms with van der Waals surface area (Å²) >= 11 is 0. The topological polar surface area (TPSA) is 146 Å². The molecule has 0 saturated carbocycles. The number of halogens is 14. The number of alkyl halides is 6. The summed E-state index contributed by atoms with van der Waals surface area (Å²) in [4.78, 5) is 29.1. The lowest BCUT2D eigenvalue weighted by Crippen LogP contribution is -2.53. The molecule has 0 radical (unpaired) electrons. The van der Waals surface area contributed by atoms with Gasteiger partial charge in [-0.05, 0) is 144 Å². The summed E-state index contributed by atoms with van der Waals surface area (Å²) in [7, 11) is 0. The summed E-state index contributed by atoms with van der Waals surface area (Å²) in [5.74, 6) is -7.96. The molecule has 4 saturated heterocycles. The van der Waals surface area contributed by atoms with Gasteiger partial charge < -0.3 is 44.0 Å². The molecule has 0 amide bonds. The Bertz CT molecular complexity index is 6340. The number of hydrogen-bond acceptors (Lipinski definition) is 13. The molecule has 12 aromatic rings. The average molecular weight is 1990 g/mol. The molecule has 8 aromatic carbocycles. The third-order valence-electron chi connectivity index (χ3n) is 29.5. The first-order valence-corrected chi connectivity index (χ1v) is 50.5. The van der Waals surface area contributed by atoms with Gasteiger partial charge in [-0.1, -0.05) is 132 Å². The average Bonchev–Trinajstić information content (AvgIpc) is 1.62. The summed E-state index contributed by atoms with van der Waals surface area (Å²) in [5, 5.41) is 13.3. The van der Waals surface area contributed by atoms with E-state index < -0.39 is 115 Å². The first kappa shape index (κ1) is 104. The van der Waals surface area contributed by atoms with Crippen LogP contribution < -0.4 is 18.9 Å². The minimum Gasteiger partial charge on any atom is -0.492 e. The van der Waals surface area contributed by atoms with Gasteiger partial charge >= 0.3 is 0 Å². The number of nitrogens with one attached hydrogen (secondary N) is 4. The fraction of sp³-hybridized carbons (Fsp3) is 0.482. The maximum absolute atomic E-state index is 15.8. The van der Waals surface area contributed by atoms with Crippen LogP contribution in [0.4, 0.5) is 61.5 Å². The quantitative estimate of drug-likeness (QED) is 0.0208. The summed E-state index contributed by atoms with van der Waals surface area (Å²) in [6, 6.07) is 36.7. The van der Waals surface area contributed by atoms with Crippen LogP contribution in [0.15, 0.2) is 158 Å². The highest BCUT2D eigenvalue weighted by Crippen LogP contribution is 2.51. The number of benzene rings is 8. The number of aliphatic hydroxyl groups excluding tert-OH is 1. The molecule has 31 heteroatoms. The summed E-state index contributed by atoms with van der Waals surface area (Å²) in [6.07, 6.45) is 6.20. The lowest BCUT2D eigenvalue weighted by molar-refractivity contribution is -0.0869. The molecule has 8 aliphatic rings. The molecule has 12 heterocycles. The van der Waals surface area contributed by atoms with Gasteiger partial charge in [-0.15, -0.1) is 0 Å². The Labute approximate surface area is 827 Å². The second kappa shape index (κ2) is 44.4. The van der Waals surface area contributed by atoms with Gasteiger partial charge in [0.05, 0.1) is 43.9 Å². The monoisotopic (exact) mass is 1990 g/mol. The van der Waals surface area contributed by atoms with E-state index in [0.29, 0.717) is 94.6 Å². The van der Waals surface area contributed by atoms with Crippen molar-refractivity contribution in [3.8, 4) is 23.0 Å². The standard InChI is InChI=1S/C30H37F2N3O.C28H33F4N3O2.2C27H31F4N3O/c1-6-7-12-34-16-21(17-34)36-20-14-24(31)27(25(32)15-20)29-28-23(22-10-8-9-11-26(22)33-28)13-19(2)35(29)18-30(3,4)5;1-3-4-9-34-13-19(14-34)37-18-11-22(29)25(23(30)12-18)27-26-21(20-7-5-6-8-24(20)33-26)10-17(2)35(27)15-28(31,32)16-36;1-16(29)13-34-17(2)10-21-20-6-3-4-7-24(20)32-26(21)27(34)25-22(30)11-18(12-23(25)31)35-19-14-33(15-19)9-5-8-28;1-3-17-13-33(14-17)8-9-35-18-11-21(28)25(22(29)12-18)27-26-20(10-16(2)34(27)15-24(30)31)19-6-4-5-7-23(19)32-26/h6-11,14-15,19,21,29,33H,12-13,16-18H2,1-5H3;5-8,11-12,17,19,27,33,36H,3-4,9-10,13-16H2,1-2H3;3-4,6-7,11-12,16-17,19,27,32H,5,8-10,13-15H2,1-2H3;4-7,11-12,16-17,24,27,32H,3,8-10,13-15H2,1-2H3/b7-6+;;;/t19-,29-;17-,27-;16?,17-,27-;16-,27-/m1111/s1. The van der Waals surface area contributed by atoms with Crippen LogP contribution >= 0.6 is 0 Å². The van der Waals surface area contributed by atoms with Crippen molar-refractivity contribution in [1.29, 1.82) is 0 Å². The predicted molar refractivity (Wildman–Crippen MR) is 532 cm³/mol. The second-order valence-corrected chi connectivity index (χ2v) is 41.6. The zero-order valence-corrected chi connectivity index (χ0v) is 83.1. The molecular formula is C112H132F14N12O5. The number of aromatic nitrogens is 4. The van der Waals surface area contributed by atoms with Crippen molar-refractivity contribution in [1.82, 2.24) is 59.1 Å². The van der Waals surface area contributed by atoms with Gasteiger partial charge in [0.25, 0.3) is 12.3 Å². The first-order valence-electron chi connectivity index (χ1n) is 50.5. The van der Waals surface area contributed by atoms with Gasteiger partial charge in [0, 0.05) is 246 Å². The number of allylic oxidation sites excluding steroid dienone is 1. The molecular weight excluding hydrogens is 1860 g/mol. The molecule has 0 aliphatic carbocycles. The fourth-order valence-electron chi connectivity index (χ4n) is 22.4. The van der Waals surface area contributed by atoms with Crippen LogP contribution in [0.5, 0.6) is 23.0 Å². The lowest BCUT2D eigenvalue weighted by Gasteiger charge is -2.44. The number of nitrogens with zero attached hydrogens (tertiary/aromatic N) is 8. The minimum absolute atomic E-state index is 0.0326. The SMILES string of the molecule is C/C=C/CN1CC(Oc2cc(F)c([C@@H]3c4[nH]c5ccccc5c4C[C@@H](C)N3CC(C)(C)C)c(F)c2)C1.CC(F)CN1[C@H](c2c(F)cc(OC3CN(CCCF)C3)cc2F)c2[nH]c3ccccc3c2C[C@H]1C.CCC1CN(CCOc2cc(F)c([C@@H]3c4[nH]c5ccccc5c4C[C@@H](C)N3CC(F)F)c(F)c2)C1.CCCCN1CC(Oc2cc(F)c([C@@H]3c4[nH]c5ccccc5c4C[C@@H](C)N3CC(F)(F)CO)c(F)c2)C1. The number of hydrogen-bond donors (Lipinski definition) is 5. The number of unbranched alkanes of at least 4 members (excludes halogenated alkanes) is 1. The number of H-pyrrole nitrogens is 4. The maximum Gasteiger partial charge on any atom is 0.283 e. The Morgan fingerprint density at radius 1 is 0.427 bits per heavy atom. The van der Waals surface area contributed by atoms with Crippen molar-refractivity contribution in [2.45, 2.75) is 213 Å². The highest BCUT2D eigenvalue weighted by molar-refractivity contribution is 5.88. The van der Waals surface area contributed by atoms with Gasteiger partial charge in [0.15, 0.2) is 0 Å². The maximum atomic E-state index is 15.8. The van der Waals surface area contributed by atoms with E-state index in [0.717, 1.165) is 155 Å². The number of ether oxygens (including phenoxy) is 4. The van der Waals surface area contributed by atoms with Gasteiger partial charge in [-0.3, -0.25) is 43.6 Å². The van der Waals surface area contributed by atoms with Gasteiger partial charge in [0.2, 0.25) is 0 Å². The molecule has 20 rings (SSSR count). The normalized spacial score (nSPS) is 21.7. The van der Waals surface area contributed by atoms with Crippen molar-refractivity contribution >= 4 is 43.6 Å². The van der Waals surface area contributed by atoms with Crippen LogP contribution in [0, 0.1) is 57.9 Å². The largest absolute Gasteiger partial charge is 0.492 e. The fourth-order valence-corrected chi connectivity index (χ4v) is 22.4. The van der Waals surface area contributed by atoms with E-state index in [1.54, 1.807) is 6.92 Å². The molecule has 0 spiro atoms. The summed E-state index contributed by atoms with van der Waals surface area (Å²) in [6.45, 7) is 29.3. The predicted octanol–water partition coefficient (Wildman–Crippen LogP) is 23.1. The third-order valence-corrected chi connectivity index (χ3v) is 29.5. The second-order valence-electron chi connectivity index (χ2n) is 41.6. The molecule has 768 valence electrons. The van der Waals surface area contributed by atoms with Gasteiger partial charge in [-0.2, -0.15) is 0 Å². The van der Waals surface area contributed by atoms with E-state index in [4.69, 9.17) is 18.9 Å². The molecule has 4 aromatic heterocycles. The van der Waals surface area contributed by atoms with Crippen molar-refractivity contribution in [3.63, 3.8) is 0 Å². The van der Waals surface area contributed by atoms with E-state index >= 15 is 35.1 Å². The number of rotatable bonds is 31. The number of likely N-dealkylation sites (tertiary alicyclic amines) is 4. The Hall–Kier alpha value is -10.5. The zero-order chi connectivity index (χ0) is 101. The van der Waals surface area contributed by atoms with Crippen LogP contribution in [0.25, 0.3) is 43.6 Å². The molecule has 8 aliphatic heterocycles. The van der Waals surface area contributed by atoms with Crippen molar-refractivity contribution < 1.29 is 85.5 Å². The summed E-state index contributed by atoms with van der Waals surface area (Å²) < 4.78 is 231. The van der Waals surface area contributed by atoms with E-state index in [1.807, 2.05) is 128 Å². The van der Waals surface area contributed by atoms with Crippen LogP contribution in [-0.4, -0.2) is 250 Å². The minimum atomic E-state index is -3.43. The molecule has 143 heavy (non-hydrogen) atoms. The van der Waals surface area contributed by atoms with Crippen LogP contribution in [0.3, 0.4) is 0 Å². The highest BCUT2D eigenvalue weighted by atomic mass is 19.3. The Morgan fingerprint density at radius 3 is 1.08 bits per heavy atom. The van der Waals surface area contributed by atoms with Crippen molar-refractivity contribution in [2.75, 3.05) is 125 Å². The summed E-state index contributed by atoms with van der Waals surface area (Å²) in [5.41, 5.74) is 9.53. The van der Waals surface area contributed by atoms with E-state index in [9.17, 15) is 31.4 Å². The van der Waals surface area contributed by atoms with Crippen LogP contribution in [0.1, 0.15) is 193 Å². The number of aliphatic hydroxyl groups is 1.